The number of hydrogen-bond donors (Lipinski definition) is 3. The quantitative estimate of drug-likeness (QED) is 0.687. The number of carbonyl (C=O) groups is 2. The minimum absolute atomic E-state index is 0.355. The Morgan fingerprint density at radius 2 is 2.21 bits per heavy atom. The van der Waals surface area contributed by atoms with Gasteiger partial charge in [0.2, 0.25) is 0 Å². The summed E-state index contributed by atoms with van der Waals surface area (Å²) in [5, 5.41) is 17.9. The van der Waals surface area contributed by atoms with Crippen molar-refractivity contribution in [2.75, 3.05) is 6.54 Å². The fourth-order valence-corrected chi connectivity index (χ4v) is 1.41. The van der Waals surface area contributed by atoms with E-state index in [1.807, 2.05) is 19.9 Å². The lowest BCUT2D eigenvalue weighted by Gasteiger charge is -2.13. The van der Waals surface area contributed by atoms with Crippen LogP contribution in [0.1, 0.15) is 25.5 Å². The predicted octanol–water partition coefficient (Wildman–Crippen LogP) is 0.811. The number of rotatable bonds is 5. The van der Waals surface area contributed by atoms with Gasteiger partial charge < -0.3 is 15.7 Å². The van der Waals surface area contributed by atoms with E-state index in [4.69, 9.17) is 5.11 Å². The normalized spacial score (nSPS) is 11.5. The van der Waals surface area contributed by atoms with Gasteiger partial charge in [0.1, 0.15) is 0 Å². The first kappa shape index (κ1) is 14.7. The van der Waals surface area contributed by atoms with Gasteiger partial charge in [-0.25, -0.2) is 9.59 Å². The number of aromatic nitrogens is 2. The molecule has 3 N–H and O–H groups in total. The molecule has 0 fully saturated rings. The molecule has 0 saturated heterocycles. The van der Waals surface area contributed by atoms with Gasteiger partial charge >= 0.3 is 12.0 Å². The monoisotopic (exact) mass is 266 g/mol. The summed E-state index contributed by atoms with van der Waals surface area (Å²) < 4.78 is 1.48. The predicted molar refractivity (Wildman–Crippen MR) is 69.6 cm³/mol. The van der Waals surface area contributed by atoms with Gasteiger partial charge in [0.15, 0.2) is 6.04 Å². The standard InChI is InChI=1S/C12H18N4O3/c1-8(2)4-5-13-12(19)15-10(11(17)18)9-6-14-16(3)7-9/h4,6-7,10H,5H2,1-3H3,(H,17,18)(H2,13,15,19). The van der Waals surface area contributed by atoms with E-state index < -0.39 is 18.0 Å². The fraction of sp³-hybridized carbons (Fsp3) is 0.417. The van der Waals surface area contributed by atoms with E-state index in [0.717, 1.165) is 5.57 Å². The molecule has 19 heavy (non-hydrogen) atoms. The van der Waals surface area contributed by atoms with Crippen LogP contribution in [-0.4, -0.2) is 33.4 Å². The molecule has 1 rings (SSSR count). The number of carboxylic acids is 1. The van der Waals surface area contributed by atoms with Gasteiger partial charge in [-0.3, -0.25) is 4.68 Å². The highest BCUT2D eigenvalue weighted by molar-refractivity contribution is 5.83. The van der Waals surface area contributed by atoms with E-state index in [2.05, 4.69) is 15.7 Å². The molecule has 7 nitrogen and oxygen atoms in total. The highest BCUT2D eigenvalue weighted by Gasteiger charge is 2.23. The molecule has 0 spiro atoms. The number of aliphatic carboxylic acids is 1. The molecule has 1 aromatic heterocycles. The first-order valence-corrected chi connectivity index (χ1v) is 5.79. The van der Waals surface area contributed by atoms with Gasteiger partial charge in [-0.1, -0.05) is 11.6 Å². The number of amides is 2. The highest BCUT2D eigenvalue weighted by atomic mass is 16.4. The van der Waals surface area contributed by atoms with Crippen LogP contribution in [0.25, 0.3) is 0 Å². The summed E-state index contributed by atoms with van der Waals surface area (Å²) in [5.41, 5.74) is 1.50. The zero-order chi connectivity index (χ0) is 14.4. The Morgan fingerprint density at radius 3 is 2.68 bits per heavy atom. The third-order valence-corrected chi connectivity index (χ3v) is 2.35. The molecule has 1 atom stereocenters. The smallest absolute Gasteiger partial charge is 0.331 e. The summed E-state index contributed by atoms with van der Waals surface area (Å²) in [4.78, 5) is 22.7. The molecule has 1 aromatic rings. The van der Waals surface area contributed by atoms with Gasteiger partial charge in [0, 0.05) is 25.4 Å². The van der Waals surface area contributed by atoms with E-state index in [0.29, 0.717) is 12.1 Å². The molecule has 0 radical (unpaired) electrons. The average molecular weight is 266 g/mol. The third kappa shape index (κ3) is 4.82. The van der Waals surface area contributed by atoms with Gasteiger partial charge in [-0.05, 0) is 13.8 Å². The largest absolute Gasteiger partial charge is 0.479 e. The molecular weight excluding hydrogens is 248 g/mol. The second kappa shape index (κ2) is 6.58. The van der Waals surface area contributed by atoms with Crippen molar-refractivity contribution >= 4 is 12.0 Å². The second-order valence-corrected chi connectivity index (χ2v) is 4.35. The number of urea groups is 1. The number of nitrogens with zero attached hydrogens (tertiary/aromatic N) is 2. The summed E-state index contributed by atoms with van der Waals surface area (Å²) in [6.07, 6.45) is 4.80. The number of carboxylic acid groups (broad SMARTS) is 1. The lowest BCUT2D eigenvalue weighted by atomic mass is 10.1. The summed E-state index contributed by atoms with van der Waals surface area (Å²) in [6, 6.07) is -1.64. The topological polar surface area (TPSA) is 96.2 Å². The Balaban J connectivity index is 2.62. The van der Waals surface area contributed by atoms with Crippen molar-refractivity contribution in [3.63, 3.8) is 0 Å². The SMILES string of the molecule is CC(C)=CCNC(=O)NC(C(=O)O)c1cnn(C)c1. The van der Waals surface area contributed by atoms with Crippen molar-refractivity contribution in [3.8, 4) is 0 Å². The summed E-state index contributed by atoms with van der Waals surface area (Å²) >= 11 is 0. The van der Waals surface area contributed by atoms with Crippen LogP contribution in [0.3, 0.4) is 0 Å². The Labute approximate surface area is 111 Å². The third-order valence-electron chi connectivity index (χ3n) is 2.35. The molecule has 0 bridgehead atoms. The van der Waals surface area contributed by atoms with E-state index >= 15 is 0 Å². The number of carbonyl (C=O) groups excluding carboxylic acids is 1. The van der Waals surface area contributed by atoms with Gasteiger partial charge in [-0.15, -0.1) is 0 Å². The molecule has 104 valence electrons. The maximum Gasteiger partial charge on any atom is 0.331 e. The van der Waals surface area contributed by atoms with Crippen molar-refractivity contribution in [2.24, 2.45) is 7.05 Å². The zero-order valence-corrected chi connectivity index (χ0v) is 11.2. The molecule has 7 heteroatoms. The molecule has 0 aromatic carbocycles. The van der Waals surface area contributed by atoms with Gasteiger partial charge in [-0.2, -0.15) is 5.10 Å². The molecular formula is C12H18N4O3. The van der Waals surface area contributed by atoms with Crippen molar-refractivity contribution in [3.05, 3.63) is 29.6 Å². The van der Waals surface area contributed by atoms with E-state index in [-0.39, 0.29) is 0 Å². The Kier molecular flexibility index (Phi) is 5.11. The van der Waals surface area contributed by atoms with Gasteiger partial charge in [0.05, 0.1) is 6.20 Å². The molecule has 1 heterocycles. The first-order chi connectivity index (χ1) is 8.90. The first-order valence-electron chi connectivity index (χ1n) is 5.79. The molecule has 0 aliphatic carbocycles. The van der Waals surface area contributed by atoms with E-state index in [9.17, 15) is 9.59 Å². The van der Waals surface area contributed by atoms with Crippen LogP contribution in [0, 0.1) is 0 Å². The minimum atomic E-state index is -1.13. The average Bonchev–Trinajstić information content (AvgIpc) is 2.71. The summed E-state index contributed by atoms with van der Waals surface area (Å²) in [5.74, 6) is -1.13. The van der Waals surface area contributed by atoms with E-state index in [1.165, 1.54) is 10.9 Å². The fourth-order valence-electron chi connectivity index (χ4n) is 1.41. The molecule has 1 unspecified atom stereocenters. The molecule has 2 amide bonds. The number of aryl methyl sites for hydroxylation is 1. The van der Waals surface area contributed by atoms with Crippen LogP contribution in [0.2, 0.25) is 0 Å². The van der Waals surface area contributed by atoms with Crippen LogP contribution in [-0.2, 0) is 11.8 Å². The van der Waals surface area contributed by atoms with Crippen LogP contribution in [0.15, 0.2) is 24.0 Å². The van der Waals surface area contributed by atoms with Crippen molar-refractivity contribution in [2.45, 2.75) is 19.9 Å². The number of allylic oxidation sites excluding steroid dienone is 1. The lowest BCUT2D eigenvalue weighted by Crippen LogP contribution is -2.40. The van der Waals surface area contributed by atoms with Crippen molar-refractivity contribution in [1.29, 1.82) is 0 Å². The number of nitrogens with one attached hydrogen (secondary N) is 2. The summed E-state index contributed by atoms with van der Waals surface area (Å²) in [7, 11) is 1.68. The van der Waals surface area contributed by atoms with Crippen molar-refractivity contribution < 1.29 is 14.7 Å². The second-order valence-electron chi connectivity index (χ2n) is 4.35. The molecule has 0 aliphatic rings. The van der Waals surface area contributed by atoms with Crippen LogP contribution < -0.4 is 10.6 Å². The Hall–Kier alpha value is -2.31. The number of hydrogen-bond acceptors (Lipinski definition) is 3. The van der Waals surface area contributed by atoms with Crippen LogP contribution in [0.4, 0.5) is 4.79 Å². The molecule has 0 saturated carbocycles. The van der Waals surface area contributed by atoms with Crippen LogP contribution >= 0.6 is 0 Å². The maximum atomic E-state index is 11.6. The zero-order valence-electron chi connectivity index (χ0n) is 11.2. The van der Waals surface area contributed by atoms with Gasteiger partial charge in [0.25, 0.3) is 0 Å². The van der Waals surface area contributed by atoms with Crippen molar-refractivity contribution in [1.82, 2.24) is 20.4 Å². The Morgan fingerprint density at radius 1 is 1.53 bits per heavy atom. The molecule has 0 aliphatic heterocycles. The van der Waals surface area contributed by atoms with Crippen LogP contribution in [0.5, 0.6) is 0 Å². The maximum absolute atomic E-state index is 11.6. The highest BCUT2D eigenvalue weighted by Crippen LogP contribution is 2.11. The lowest BCUT2D eigenvalue weighted by molar-refractivity contribution is -0.139. The van der Waals surface area contributed by atoms with E-state index in [1.54, 1.807) is 13.2 Å². The Bertz CT molecular complexity index is 489. The summed E-state index contributed by atoms with van der Waals surface area (Å²) in [6.45, 7) is 4.18. The minimum Gasteiger partial charge on any atom is -0.479 e.